The summed E-state index contributed by atoms with van der Waals surface area (Å²) in [5.74, 6) is 0.835. The Labute approximate surface area is 179 Å². The van der Waals surface area contributed by atoms with Gasteiger partial charge in [0.2, 0.25) is 0 Å². The maximum absolute atomic E-state index is 13.8. The molecule has 0 spiro atoms. The first kappa shape index (κ1) is 24.7. The summed E-state index contributed by atoms with van der Waals surface area (Å²) in [5, 5.41) is 18.8. The summed E-state index contributed by atoms with van der Waals surface area (Å²) in [6.45, 7) is 8.63. The van der Waals surface area contributed by atoms with E-state index >= 15 is 0 Å². The van der Waals surface area contributed by atoms with Gasteiger partial charge in [-0.1, -0.05) is 25.0 Å². The summed E-state index contributed by atoms with van der Waals surface area (Å²) >= 11 is 0. The summed E-state index contributed by atoms with van der Waals surface area (Å²) in [6.07, 6.45) is 2.89. The number of nitrogens with zero attached hydrogens (tertiary/aromatic N) is 3. The van der Waals surface area contributed by atoms with Gasteiger partial charge in [0.15, 0.2) is 0 Å². The van der Waals surface area contributed by atoms with Crippen molar-refractivity contribution < 1.29 is 18.3 Å². The molecule has 30 heavy (non-hydrogen) atoms. The first-order chi connectivity index (χ1) is 14.1. The first-order valence-electron chi connectivity index (χ1n) is 11.0. The number of aliphatic hydroxyl groups excluding tert-OH is 1. The van der Waals surface area contributed by atoms with Crippen molar-refractivity contribution in [3.63, 3.8) is 0 Å². The maximum atomic E-state index is 13.8. The van der Waals surface area contributed by atoms with Crippen LogP contribution in [-0.2, 0) is 0 Å². The Morgan fingerprint density at radius 3 is 2.20 bits per heavy atom. The van der Waals surface area contributed by atoms with E-state index in [9.17, 15) is 18.3 Å². The van der Waals surface area contributed by atoms with Crippen molar-refractivity contribution in [1.82, 2.24) is 9.80 Å². The van der Waals surface area contributed by atoms with Gasteiger partial charge in [-0.05, 0) is 51.9 Å². The average Bonchev–Trinajstić information content (AvgIpc) is 2.71. The fourth-order valence-electron chi connectivity index (χ4n) is 4.54. The smallest absolute Gasteiger partial charge is 0.396 e. The van der Waals surface area contributed by atoms with Crippen molar-refractivity contribution in [2.75, 3.05) is 39.3 Å². The van der Waals surface area contributed by atoms with Crippen LogP contribution < -0.4 is 0 Å². The molecule has 2 aliphatic rings. The van der Waals surface area contributed by atoms with Crippen LogP contribution in [0.5, 0.6) is 0 Å². The molecule has 0 bridgehead atoms. The van der Waals surface area contributed by atoms with Gasteiger partial charge in [0, 0.05) is 45.0 Å². The molecule has 0 aromatic rings. The highest BCUT2D eigenvalue weighted by molar-refractivity contribution is 5.34. The van der Waals surface area contributed by atoms with Crippen LogP contribution in [0.15, 0.2) is 23.4 Å². The Morgan fingerprint density at radius 2 is 1.70 bits per heavy atom. The Morgan fingerprint density at radius 1 is 1.10 bits per heavy atom. The number of allylic oxidation sites excluding steroid dienone is 3. The van der Waals surface area contributed by atoms with Gasteiger partial charge in [-0.3, -0.25) is 4.90 Å². The van der Waals surface area contributed by atoms with Gasteiger partial charge in [-0.25, -0.2) is 0 Å². The summed E-state index contributed by atoms with van der Waals surface area (Å²) in [7, 11) is 0. The van der Waals surface area contributed by atoms with Crippen molar-refractivity contribution >= 4 is 0 Å². The normalized spacial score (nSPS) is 25.3. The number of aliphatic hydroxyl groups is 1. The SMILES string of the molecule is C/C=C(\C(=C/CC(C)(C)C#N)C(F)(F)F)N1CCN(C[C@@H]2CCCCC2CO)CC1. The third kappa shape index (κ3) is 6.75. The molecular formula is C23H36F3N3O. The number of hydrogen-bond acceptors (Lipinski definition) is 4. The monoisotopic (exact) mass is 427 g/mol. The number of piperazine rings is 1. The van der Waals surface area contributed by atoms with Crippen molar-refractivity contribution in [3.8, 4) is 6.07 Å². The summed E-state index contributed by atoms with van der Waals surface area (Å²) in [6, 6.07) is 2.07. The second-order valence-electron chi connectivity index (χ2n) is 9.26. The van der Waals surface area contributed by atoms with Crippen LogP contribution in [0, 0.1) is 28.6 Å². The average molecular weight is 428 g/mol. The molecule has 2 fully saturated rings. The number of rotatable bonds is 7. The van der Waals surface area contributed by atoms with Gasteiger partial charge < -0.3 is 10.0 Å². The number of alkyl halides is 3. The molecule has 1 saturated heterocycles. The molecule has 1 N–H and O–H groups in total. The van der Waals surface area contributed by atoms with Gasteiger partial charge in [0.1, 0.15) is 0 Å². The van der Waals surface area contributed by atoms with E-state index in [-0.39, 0.29) is 18.7 Å². The minimum absolute atomic E-state index is 0.0554. The third-order valence-electron chi connectivity index (χ3n) is 6.48. The lowest BCUT2D eigenvalue weighted by atomic mass is 9.79. The quantitative estimate of drug-likeness (QED) is 0.597. The van der Waals surface area contributed by atoms with Crippen molar-refractivity contribution in [3.05, 3.63) is 23.4 Å². The lowest BCUT2D eigenvalue weighted by Gasteiger charge is -2.41. The zero-order valence-electron chi connectivity index (χ0n) is 18.5. The summed E-state index contributed by atoms with van der Waals surface area (Å²) in [4.78, 5) is 4.15. The van der Waals surface area contributed by atoms with Crippen LogP contribution in [-0.4, -0.2) is 60.4 Å². The Hall–Kier alpha value is -1.52. The first-order valence-corrected chi connectivity index (χ1v) is 11.0. The van der Waals surface area contributed by atoms with Crippen molar-refractivity contribution in [1.29, 1.82) is 5.26 Å². The predicted octanol–water partition coefficient (Wildman–Crippen LogP) is 4.74. The van der Waals surface area contributed by atoms with Crippen LogP contribution in [0.4, 0.5) is 13.2 Å². The highest BCUT2D eigenvalue weighted by Crippen LogP contribution is 2.36. The van der Waals surface area contributed by atoms with Crippen LogP contribution in [0.1, 0.15) is 52.9 Å². The predicted molar refractivity (Wildman–Crippen MR) is 112 cm³/mol. The molecule has 7 heteroatoms. The molecule has 1 aliphatic heterocycles. The van der Waals surface area contributed by atoms with E-state index in [2.05, 4.69) is 11.0 Å². The Bertz CT molecular complexity index is 656. The van der Waals surface area contributed by atoms with Crippen LogP contribution in [0.2, 0.25) is 0 Å². The van der Waals surface area contributed by atoms with Gasteiger partial charge in [-0.15, -0.1) is 0 Å². The van der Waals surface area contributed by atoms with E-state index in [0.717, 1.165) is 32.5 Å². The Balaban J connectivity index is 2.03. The second kappa shape index (κ2) is 10.7. The van der Waals surface area contributed by atoms with E-state index in [0.29, 0.717) is 24.9 Å². The van der Waals surface area contributed by atoms with E-state index in [1.165, 1.54) is 25.0 Å². The highest BCUT2D eigenvalue weighted by atomic mass is 19.4. The molecule has 0 amide bonds. The van der Waals surface area contributed by atoms with Crippen LogP contribution in [0.3, 0.4) is 0 Å². The van der Waals surface area contributed by atoms with E-state index in [1.54, 1.807) is 20.8 Å². The van der Waals surface area contributed by atoms with Gasteiger partial charge in [0.05, 0.1) is 17.1 Å². The third-order valence-corrected chi connectivity index (χ3v) is 6.48. The largest absolute Gasteiger partial charge is 0.418 e. The zero-order chi connectivity index (χ0) is 22.4. The molecule has 0 aromatic carbocycles. The topological polar surface area (TPSA) is 50.5 Å². The molecule has 170 valence electrons. The van der Waals surface area contributed by atoms with Crippen molar-refractivity contribution in [2.24, 2.45) is 17.3 Å². The molecule has 1 saturated carbocycles. The molecule has 1 unspecified atom stereocenters. The highest BCUT2D eigenvalue weighted by Gasteiger charge is 2.38. The molecule has 1 heterocycles. The minimum Gasteiger partial charge on any atom is -0.396 e. The standard InChI is InChI=1S/C23H36F3N3O/c1-4-21(20(23(24,25)26)9-10-22(2,3)17-27)29-13-11-28(12-14-29)15-18-7-5-6-8-19(18)16-30/h4,9,18-19,30H,5-8,10-16H2,1-3H3/b20-9+,21-4+/t18-,19?/m0/s1. The van der Waals surface area contributed by atoms with Gasteiger partial charge >= 0.3 is 6.18 Å². The van der Waals surface area contributed by atoms with E-state index < -0.39 is 17.2 Å². The molecule has 0 radical (unpaired) electrons. The fraction of sp³-hybridized carbons (Fsp3) is 0.783. The molecular weight excluding hydrogens is 391 g/mol. The fourth-order valence-corrected chi connectivity index (χ4v) is 4.54. The summed E-state index contributed by atoms with van der Waals surface area (Å²) < 4.78 is 41.4. The Kier molecular flexibility index (Phi) is 8.81. The molecule has 1 aliphatic carbocycles. The van der Waals surface area contributed by atoms with Gasteiger partial charge in [-0.2, -0.15) is 18.4 Å². The lowest BCUT2D eigenvalue weighted by Crippen LogP contribution is -2.49. The molecule has 2 rings (SSSR count). The van der Waals surface area contributed by atoms with Crippen molar-refractivity contribution in [2.45, 2.75) is 59.1 Å². The summed E-state index contributed by atoms with van der Waals surface area (Å²) in [5.41, 5.74) is -1.27. The van der Waals surface area contributed by atoms with E-state index in [4.69, 9.17) is 5.26 Å². The zero-order valence-corrected chi connectivity index (χ0v) is 18.5. The maximum Gasteiger partial charge on any atom is 0.418 e. The second-order valence-corrected chi connectivity index (χ2v) is 9.26. The van der Waals surface area contributed by atoms with Gasteiger partial charge in [0.25, 0.3) is 0 Å². The number of halogens is 3. The molecule has 0 aromatic heterocycles. The lowest BCUT2D eigenvalue weighted by molar-refractivity contribution is -0.0922. The molecule has 4 nitrogen and oxygen atoms in total. The number of hydrogen-bond donors (Lipinski definition) is 1. The van der Waals surface area contributed by atoms with Crippen LogP contribution >= 0.6 is 0 Å². The minimum atomic E-state index is -4.46. The van der Waals surface area contributed by atoms with E-state index in [1.807, 2.05) is 4.90 Å². The number of nitriles is 1. The van der Waals surface area contributed by atoms with Crippen LogP contribution in [0.25, 0.3) is 0 Å². The molecule has 2 atom stereocenters.